The van der Waals surface area contributed by atoms with Crippen molar-refractivity contribution in [3.8, 4) is 5.75 Å². The molecule has 9 nitrogen and oxygen atoms in total. The molecule has 1 N–H and O–H groups in total. The number of anilines is 1. The van der Waals surface area contributed by atoms with E-state index in [0.717, 1.165) is 11.5 Å². The molecule has 156 valence electrons. The van der Waals surface area contributed by atoms with Crippen LogP contribution in [0.1, 0.15) is 12.5 Å². The molecule has 10 heteroatoms. The van der Waals surface area contributed by atoms with Crippen molar-refractivity contribution < 1.29 is 28.4 Å². The molecule has 0 spiro atoms. The monoisotopic (exact) mass is 432 g/mol. The Labute approximate surface area is 175 Å². The zero-order chi connectivity index (χ0) is 21.8. The molecule has 0 aliphatic carbocycles. The van der Waals surface area contributed by atoms with Crippen LogP contribution in [0.15, 0.2) is 47.1 Å². The Kier molecular flexibility index (Phi) is 6.22. The Morgan fingerprint density at radius 2 is 2.03 bits per heavy atom. The van der Waals surface area contributed by atoms with Gasteiger partial charge in [0.1, 0.15) is 11.3 Å². The van der Waals surface area contributed by atoms with Crippen LogP contribution in [0.3, 0.4) is 0 Å². The number of nitrogens with zero attached hydrogens (tertiary/aromatic N) is 1. The SMILES string of the molecule is COc1ccc2c(CC(=O)OC(C)C(=O)Nc3ccc([N+](=O)[O-])cc3Cl)coc2c1. The summed E-state index contributed by atoms with van der Waals surface area (Å²) in [5, 5.41) is 14.0. The van der Waals surface area contributed by atoms with Gasteiger partial charge in [-0.1, -0.05) is 11.6 Å². The van der Waals surface area contributed by atoms with Crippen molar-refractivity contribution in [3.63, 3.8) is 0 Å². The number of furan rings is 1. The van der Waals surface area contributed by atoms with Crippen LogP contribution >= 0.6 is 11.6 Å². The number of carbonyl (C=O) groups excluding carboxylic acids is 2. The number of fused-ring (bicyclic) bond motifs is 1. The van der Waals surface area contributed by atoms with Gasteiger partial charge in [0.2, 0.25) is 0 Å². The van der Waals surface area contributed by atoms with Crippen LogP contribution in [0.4, 0.5) is 11.4 Å². The second kappa shape index (κ2) is 8.83. The first-order valence-electron chi connectivity index (χ1n) is 8.77. The molecule has 0 saturated carbocycles. The number of esters is 1. The Morgan fingerprint density at radius 3 is 2.70 bits per heavy atom. The van der Waals surface area contributed by atoms with E-state index in [1.807, 2.05) is 0 Å². The molecule has 1 aromatic heterocycles. The van der Waals surface area contributed by atoms with Crippen molar-refractivity contribution >= 4 is 45.8 Å². The van der Waals surface area contributed by atoms with E-state index < -0.39 is 22.9 Å². The van der Waals surface area contributed by atoms with Crippen LogP contribution in [0, 0.1) is 10.1 Å². The van der Waals surface area contributed by atoms with E-state index in [4.69, 9.17) is 25.5 Å². The molecule has 1 amide bonds. The van der Waals surface area contributed by atoms with Crippen LogP contribution in [-0.4, -0.2) is 30.0 Å². The Morgan fingerprint density at radius 1 is 1.27 bits per heavy atom. The summed E-state index contributed by atoms with van der Waals surface area (Å²) >= 11 is 5.95. The summed E-state index contributed by atoms with van der Waals surface area (Å²) < 4.78 is 15.7. The minimum Gasteiger partial charge on any atom is -0.497 e. The number of nitro groups is 1. The Hall–Kier alpha value is -3.59. The highest BCUT2D eigenvalue weighted by molar-refractivity contribution is 6.34. The van der Waals surface area contributed by atoms with Gasteiger partial charge in [0, 0.05) is 29.1 Å². The van der Waals surface area contributed by atoms with Crippen molar-refractivity contribution in [2.45, 2.75) is 19.4 Å². The predicted octanol–water partition coefficient (Wildman–Crippen LogP) is 4.12. The van der Waals surface area contributed by atoms with Crippen LogP contribution < -0.4 is 10.1 Å². The lowest BCUT2D eigenvalue weighted by Crippen LogP contribution is -2.30. The molecule has 1 unspecified atom stereocenters. The second-order valence-electron chi connectivity index (χ2n) is 6.34. The lowest BCUT2D eigenvalue weighted by molar-refractivity contribution is -0.384. The van der Waals surface area contributed by atoms with Gasteiger partial charge in [-0.2, -0.15) is 0 Å². The van der Waals surface area contributed by atoms with Crippen molar-refractivity contribution in [2.24, 2.45) is 0 Å². The van der Waals surface area contributed by atoms with Crippen LogP contribution in [-0.2, 0) is 20.7 Å². The molecular formula is C20H17ClN2O7. The largest absolute Gasteiger partial charge is 0.497 e. The summed E-state index contributed by atoms with van der Waals surface area (Å²) in [7, 11) is 1.54. The Balaban J connectivity index is 1.61. The maximum atomic E-state index is 12.3. The molecule has 0 saturated heterocycles. The lowest BCUT2D eigenvalue weighted by Gasteiger charge is -2.14. The number of halogens is 1. The standard InChI is InChI=1S/C20H17ClN2O7/c1-11(20(25)22-17-6-3-13(23(26)27)8-16(17)21)30-19(24)7-12-10-29-18-9-14(28-2)4-5-15(12)18/h3-6,8-11H,7H2,1-2H3,(H,22,25). The smallest absolute Gasteiger partial charge is 0.311 e. The van der Waals surface area contributed by atoms with E-state index in [2.05, 4.69) is 5.32 Å². The molecule has 2 aromatic carbocycles. The number of ether oxygens (including phenoxy) is 2. The highest BCUT2D eigenvalue weighted by atomic mass is 35.5. The first kappa shape index (κ1) is 21.1. The van der Waals surface area contributed by atoms with Gasteiger partial charge in [-0.3, -0.25) is 19.7 Å². The van der Waals surface area contributed by atoms with E-state index in [1.54, 1.807) is 25.3 Å². The molecule has 1 atom stereocenters. The van der Waals surface area contributed by atoms with Crippen molar-refractivity contribution in [3.05, 3.63) is 63.4 Å². The van der Waals surface area contributed by atoms with Gasteiger partial charge in [-0.15, -0.1) is 0 Å². The first-order chi connectivity index (χ1) is 14.3. The predicted molar refractivity (Wildman–Crippen MR) is 109 cm³/mol. The normalized spacial score (nSPS) is 11.7. The summed E-state index contributed by atoms with van der Waals surface area (Å²) in [5.74, 6) is -0.618. The Bertz CT molecular complexity index is 1130. The number of carbonyl (C=O) groups is 2. The maximum Gasteiger partial charge on any atom is 0.311 e. The number of hydrogen-bond donors (Lipinski definition) is 1. The molecule has 0 radical (unpaired) electrons. The highest BCUT2D eigenvalue weighted by Crippen LogP contribution is 2.28. The number of amides is 1. The third kappa shape index (κ3) is 4.69. The van der Waals surface area contributed by atoms with Gasteiger partial charge in [0.15, 0.2) is 6.10 Å². The zero-order valence-electron chi connectivity index (χ0n) is 16.0. The highest BCUT2D eigenvalue weighted by Gasteiger charge is 2.21. The van der Waals surface area contributed by atoms with Crippen LogP contribution in [0.2, 0.25) is 5.02 Å². The minimum atomic E-state index is -1.11. The van der Waals surface area contributed by atoms with Gasteiger partial charge in [0.05, 0.1) is 35.4 Å². The topological polar surface area (TPSA) is 121 Å². The number of rotatable bonds is 7. The van der Waals surface area contributed by atoms with Gasteiger partial charge in [0.25, 0.3) is 11.6 Å². The molecule has 3 aromatic rings. The second-order valence-corrected chi connectivity index (χ2v) is 6.75. The molecule has 0 aliphatic rings. The van der Waals surface area contributed by atoms with Crippen molar-refractivity contribution in [1.29, 1.82) is 0 Å². The molecule has 30 heavy (non-hydrogen) atoms. The van der Waals surface area contributed by atoms with E-state index in [1.165, 1.54) is 25.3 Å². The number of hydrogen-bond acceptors (Lipinski definition) is 7. The number of methoxy groups -OCH3 is 1. The summed E-state index contributed by atoms with van der Waals surface area (Å²) in [4.78, 5) is 34.7. The lowest BCUT2D eigenvalue weighted by atomic mass is 10.1. The zero-order valence-corrected chi connectivity index (χ0v) is 16.8. The third-order valence-electron chi connectivity index (χ3n) is 4.30. The van der Waals surface area contributed by atoms with E-state index >= 15 is 0 Å². The van der Waals surface area contributed by atoms with Gasteiger partial charge < -0.3 is 19.2 Å². The van der Waals surface area contributed by atoms with Crippen LogP contribution in [0.25, 0.3) is 11.0 Å². The summed E-state index contributed by atoms with van der Waals surface area (Å²) in [5.41, 5.74) is 1.15. The van der Waals surface area contributed by atoms with E-state index in [9.17, 15) is 19.7 Å². The number of non-ortho nitro benzene ring substituents is 1. The van der Waals surface area contributed by atoms with Gasteiger partial charge in [-0.05, 0) is 25.1 Å². The molecule has 1 heterocycles. The van der Waals surface area contributed by atoms with Crippen LogP contribution in [0.5, 0.6) is 5.75 Å². The fourth-order valence-electron chi connectivity index (χ4n) is 2.73. The molecular weight excluding hydrogens is 416 g/mol. The molecule has 0 fully saturated rings. The average molecular weight is 433 g/mol. The maximum absolute atomic E-state index is 12.3. The fraction of sp³-hybridized carbons (Fsp3) is 0.200. The number of nitrogens with one attached hydrogen (secondary N) is 1. The molecule has 3 rings (SSSR count). The molecule has 0 bridgehead atoms. The van der Waals surface area contributed by atoms with Crippen molar-refractivity contribution in [2.75, 3.05) is 12.4 Å². The van der Waals surface area contributed by atoms with Gasteiger partial charge in [-0.25, -0.2) is 0 Å². The third-order valence-corrected chi connectivity index (χ3v) is 4.61. The number of nitro benzene ring substituents is 1. The average Bonchev–Trinajstić information content (AvgIpc) is 3.10. The fourth-order valence-corrected chi connectivity index (χ4v) is 2.95. The van der Waals surface area contributed by atoms with E-state index in [-0.39, 0.29) is 22.8 Å². The molecule has 0 aliphatic heterocycles. The summed E-state index contributed by atoms with van der Waals surface area (Å²) in [6, 6.07) is 8.85. The summed E-state index contributed by atoms with van der Waals surface area (Å²) in [6.45, 7) is 1.41. The van der Waals surface area contributed by atoms with Gasteiger partial charge >= 0.3 is 5.97 Å². The first-order valence-corrected chi connectivity index (χ1v) is 9.14. The van der Waals surface area contributed by atoms with E-state index in [0.29, 0.717) is 16.9 Å². The minimum absolute atomic E-state index is 0.00336. The quantitative estimate of drug-likeness (QED) is 0.338. The number of benzene rings is 2. The van der Waals surface area contributed by atoms with Crippen molar-refractivity contribution in [1.82, 2.24) is 0 Å². The summed E-state index contributed by atoms with van der Waals surface area (Å²) in [6.07, 6.45) is 0.254.